The maximum atomic E-state index is 12.8. The highest BCUT2D eigenvalue weighted by Gasteiger charge is 2.40. The summed E-state index contributed by atoms with van der Waals surface area (Å²) in [5.41, 5.74) is 6.81. The smallest absolute Gasteiger partial charge is 0.387 e. The van der Waals surface area contributed by atoms with E-state index in [1.165, 1.54) is 29.1 Å². The van der Waals surface area contributed by atoms with Gasteiger partial charge in [-0.05, 0) is 36.6 Å². The van der Waals surface area contributed by atoms with Crippen molar-refractivity contribution in [2.24, 2.45) is 11.8 Å². The van der Waals surface area contributed by atoms with Gasteiger partial charge < -0.3 is 20.3 Å². The average Bonchev–Trinajstić information content (AvgIpc) is 3.35. The molecule has 30 heavy (non-hydrogen) atoms. The van der Waals surface area contributed by atoms with Crippen LogP contribution in [0.4, 0.5) is 14.5 Å². The minimum atomic E-state index is -2.99. The van der Waals surface area contributed by atoms with Crippen LogP contribution >= 0.6 is 11.6 Å². The fraction of sp³-hybridized carbons (Fsp3) is 0.500. The Bertz CT molecular complexity index is 924. The molecule has 2 aromatic rings. The van der Waals surface area contributed by atoms with Crippen molar-refractivity contribution in [2.45, 2.75) is 20.1 Å². The molecule has 0 spiro atoms. The zero-order chi connectivity index (χ0) is 21.4. The number of nitrogen functional groups attached to an aromatic ring is 1. The molecule has 1 aromatic heterocycles. The Kier molecular flexibility index (Phi) is 5.84. The van der Waals surface area contributed by atoms with Gasteiger partial charge in [-0.1, -0.05) is 18.5 Å². The Morgan fingerprint density at radius 3 is 2.63 bits per heavy atom. The van der Waals surface area contributed by atoms with Crippen molar-refractivity contribution in [3.8, 4) is 17.0 Å². The monoisotopic (exact) mass is 439 g/mol. The van der Waals surface area contributed by atoms with Crippen LogP contribution in [0.15, 0.2) is 24.4 Å². The fourth-order valence-corrected chi connectivity index (χ4v) is 4.58. The third-order valence-electron chi connectivity index (χ3n) is 5.86. The first-order valence-electron chi connectivity index (χ1n) is 9.91. The van der Waals surface area contributed by atoms with E-state index in [-0.39, 0.29) is 35.1 Å². The van der Waals surface area contributed by atoms with Crippen molar-refractivity contribution < 1.29 is 18.3 Å². The summed E-state index contributed by atoms with van der Waals surface area (Å²) >= 11 is 6.02. The van der Waals surface area contributed by atoms with Crippen molar-refractivity contribution in [3.05, 3.63) is 29.4 Å². The van der Waals surface area contributed by atoms with Crippen LogP contribution in [-0.4, -0.2) is 64.8 Å². The van der Waals surface area contributed by atoms with Gasteiger partial charge in [0.05, 0.1) is 5.69 Å². The number of carbonyl (C=O) groups is 1. The standard InChI is InChI=1S/C20H24ClF2N5O2/c1-2-26-6-12-8-27(9-13(12)7-26)18(29)11-28-10-16(24)19(25-28)15-5-14(21)3-4-17(15)30-20(22)23/h3-5,10,12-13,20H,2,6-9,11,24H2,1H3. The molecule has 0 saturated carbocycles. The number of rotatable bonds is 6. The third-order valence-corrected chi connectivity index (χ3v) is 6.10. The lowest BCUT2D eigenvalue weighted by Crippen LogP contribution is -2.35. The van der Waals surface area contributed by atoms with Crippen LogP contribution in [0.1, 0.15) is 6.92 Å². The number of nitrogens with two attached hydrogens (primary N) is 1. The summed E-state index contributed by atoms with van der Waals surface area (Å²) in [6.45, 7) is 3.81. The second-order valence-electron chi connectivity index (χ2n) is 7.82. The number of fused-ring (bicyclic) bond motifs is 1. The van der Waals surface area contributed by atoms with E-state index in [0.717, 1.165) is 32.7 Å². The summed E-state index contributed by atoms with van der Waals surface area (Å²) in [7, 11) is 0. The Morgan fingerprint density at radius 2 is 2.00 bits per heavy atom. The van der Waals surface area contributed by atoms with Gasteiger partial charge >= 0.3 is 6.61 Å². The van der Waals surface area contributed by atoms with E-state index in [4.69, 9.17) is 17.3 Å². The van der Waals surface area contributed by atoms with Crippen LogP contribution in [0.5, 0.6) is 5.75 Å². The predicted octanol–water partition coefficient (Wildman–Crippen LogP) is 2.80. The van der Waals surface area contributed by atoms with Crippen LogP contribution < -0.4 is 10.5 Å². The molecule has 162 valence electrons. The number of alkyl halides is 2. The molecule has 3 heterocycles. The number of ether oxygens (including phenoxy) is 1. The van der Waals surface area contributed by atoms with Crippen LogP contribution in [0.3, 0.4) is 0 Å². The summed E-state index contributed by atoms with van der Waals surface area (Å²) in [6, 6.07) is 4.25. The molecule has 0 bridgehead atoms. The molecular formula is C20H24ClF2N5O2. The van der Waals surface area contributed by atoms with Crippen molar-refractivity contribution in [1.82, 2.24) is 19.6 Å². The zero-order valence-electron chi connectivity index (χ0n) is 16.6. The number of carbonyl (C=O) groups excluding carboxylic acids is 1. The van der Waals surface area contributed by atoms with E-state index in [1.807, 2.05) is 4.90 Å². The normalized spacial score (nSPS) is 21.4. The summed E-state index contributed by atoms with van der Waals surface area (Å²) in [5, 5.41) is 4.68. The van der Waals surface area contributed by atoms with Gasteiger partial charge in [0.15, 0.2) is 0 Å². The first-order valence-corrected chi connectivity index (χ1v) is 10.3. The molecule has 2 unspecified atom stereocenters. The molecule has 7 nitrogen and oxygen atoms in total. The molecule has 2 aliphatic heterocycles. The SMILES string of the molecule is CCN1CC2CN(C(=O)Cn3cc(N)c(-c4cc(Cl)ccc4OC(F)F)n3)CC2C1. The van der Waals surface area contributed by atoms with Gasteiger partial charge in [0.25, 0.3) is 0 Å². The van der Waals surface area contributed by atoms with E-state index in [9.17, 15) is 13.6 Å². The second-order valence-corrected chi connectivity index (χ2v) is 8.26. The summed E-state index contributed by atoms with van der Waals surface area (Å²) in [4.78, 5) is 17.1. The van der Waals surface area contributed by atoms with Crippen LogP contribution in [0.2, 0.25) is 5.02 Å². The fourth-order valence-electron chi connectivity index (χ4n) is 4.40. The largest absolute Gasteiger partial charge is 0.434 e. The highest BCUT2D eigenvalue weighted by molar-refractivity contribution is 6.31. The molecule has 0 radical (unpaired) electrons. The Labute approximate surface area is 178 Å². The summed E-state index contributed by atoms with van der Waals surface area (Å²) in [6.07, 6.45) is 1.52. The first kappa shape index (κ1) is 20.9. The number of halogens is 3. The van der Waals surface area contributed by atoms with E-state index in [1.54, 1.807) is 0 Å². The van der Waals surface area contributed by atoms with E-state index in [2.05, 4.69) is 21.7 Å². The van der Waals surface area contributed by atoms with Gasteiger partial charge in [-0.15, -0.1) is 0 Å². The van der Waals surface area contributed by atoms with Crippen molar-refractivity contribution in [2.75, 3.05) is 38.5 Å². The lowest BCUT2D eigenvalue weighted by Gasteiger charge is -2.20. The first-order chi connectivity index (χ1) is 14.3. The minimum absolute atomic E-state index is 0.0309. The van der Waals surface area contributed by atoms with Crippen molar-refractivity contribution in [1.29, 1.82) is 0 Å². The number of amides is 1. The molecule has 1 aromatic carbocycles. The maximum Gasteiger partial charge on any atom is 0.387 e. The third kappa shape index (κ3) is 4.22. The lowest BCUT2D eigenvalue weighted by atomic mass is 10.0. The molecule has 2 fully saturated rings. The van der Waals surface area contributed by atoms with E-state index in [0.29, 0.717) is 16.9 Å². The summed E-state index contributed by atoms with van der Waals surface area (Å²) < 4.78 is 31.5. The molecule has 1 amide bonds. The lowest BCUT2D eigenvalue weighted by molar-refractivity contribution is -0.131. The molecule has 2 aliphatic rings. The number of nitrogens with zero attached hydrogens (tertiary/aromatic N) is 4. The number of anilines is 1. The Morgan fingerprint density at radius 1 is 1.30 bits per heavy atom. The number of hydrogen-bond acceptors (Lipinski definition) is 5. The zero-order valence-corrected chi connectivity index (χ0v) is 17.4. The van der Waals surface area contributed by atoms with Gasteiger partial charge in [-0.3, -0.25) is 9.48 Å². The Balaban J connectivity index is 1.48. The highest BCUT2D eigenvalue weighted by atomic mass is 35.5. The van der Waals surface area contributed by atoms with Crippen LogP contribution in [0, 0.1) is 11.8 Å². The van der Waals surface area contributed by atoms with Gasteiger partial charge in [0, 0.05) is 43.0 Å². The quantitative estimate of drug-likeness (QED) is 0.749. The highest BCUT2D eigenvalue weighted by Crippen LogP contribution is 2.36. The van der Waals surface area contributed by atoms with E-state index >= 15 is 0 Å². The average molecular weight is 440 g/mol. The minimum Gasteiger partial charge on any atom is -0.434 e. The van der Waals surface area contributed by atoms with Gasteiger partial charge in [-0.2, -0.15) is 13.9 Å². The topological polar surface area (TPSA) is 76.6 Å². The molecule has 10 heteroatoms. The number of likely N-dealkylation sites (tertiary alicyclic amines) is 2. The van der Waals surface area contributed by atoms with Gasteiger partial charge in [0.1, 0.15) is 18.0 Å². The number of hydrogen-bond donors (Lipinski definition) is 1. The van der Waals surface area contributed by atoms with Gasteiger partial charge in [0.2, 0.25) is 5.91 Å². The molecule has 0 aliphatic carbocycles. The van der Waals surface area contributed by atoms with Crippen molar-refractivity contribution in [3.63, 3.8) is 0 Å². The second kappa shape index (κ2) is 8.39. The predicted molar refractivity (Wildman–Crippen MR) is 109 cm³/mol. The molecule has 2 N–H and O–H groups in total. The van der Waals surface area contributed by atoms with Crippen LogP contribution in [0.25, 0.3) is 11.3 Å². The maximum absolute atomic E-state index is 12.8. The number of benzene rings is 1. The molecule has 2 atom stereocenters. The van der Waals surface area contributed by atoms with Crippen LogP contribution in [-0.2, 0) is 11.3 Å². The number of aromatic nitrogens is 2. The Hall–Kier alpha value is -2.39. The molecular weight excluding hydrogens is 416 g/mol. The molecule has 4 rings (SSSR count). The van der Waals surface area contributed by atoms with Crippen molar-refractivity contribution >= 4 is 23.2 Å². The van der Waals surface area contributed by atoms with Gasteiger partial charge in [-0.25, -0.2) is 0 Å². The van der Waals surface area contributed by atoms with E-state index < -0.39 is 6.61 Å². The summed E-state index contributed by atoms with van der Waals surface area (Å²) in [5.74, 6) is 0.933. The molecule has 2 saturated heterocycles.